The Morgan fingerprint density at radius 1 is 0.718 bits per heavy atom. The number of pyridine rings is 2. The van der Waals surface area contributed by atoms with Crippen LogP contribution >= 0.6 is 0 Å². The van der Waals surface area contributed by atoms with Crippen LogP contribution in [0.2, 0.25) is 19.6 Å². The summed E-state index contributed by atoms with van der Waals surface area (Å²) in [6.45, 7) is 7.02. The molecular weight excluding hydrogens is 496 g/mol. The number of aryl methyl sites for hydroxylation is 1. The van der Waals surface area contributed by atoms with Crippen LogP contribution in [-0.2, 0) is 7.05 Å². The molecule has 0 amide bonds. The Bertz CT molecular complexity index is 1800. The van der Waals surface area contributed by atoms with Crippen LogP contribution < -0.4 is 5.19 Å². The van der Waals surface area contributed by atoms with Crippen LogP contribution in [-0.4, -0.2) is 32.7 Å². The normalized spacial score (nSPS) is 11.7. The maximum absolute atomic E-state index is 10.5. The molecule has 5 nitrogen and oxygen atoms in total. The van der Waals surface area contributed by atoms with Crippen LogP contribution in [0, 0.1) is 0 Å². The summed E-state index contributed by atoms with van der Waals surface area (Å²) in [7, 11) is 0.531. The number of benzene rings is 3. The molecule has 3 heterocycles. The van der Waals surface area contributed by atoms with E-state index in [1.165, 1.54) is 11.4 Å². The Morgan fingerprint density at radius 2 is 1.49 bits per heavy atom. The minimum atomic E-state index is -1.44. The largest absolute Gasteiger partial charge is 0.506 e. The van der Waals surface area contributed by atoms with Gasteiger partial charge in [0.25, 0.3) is 0 Å². The molecule has 3 aromatic carbocycles. The van der Waals surface area contributed by atoms with E-state index in [4.69, 9.17) is 9.97 Å². The second-order valence-corrected chi connectivity index (χ2v) is 16.0. The van der Waals surface area contributed by atoms with E-state index in [0.717, 1.165) is 44.5 Å². The summed E-state index contributed by atoms with van der Waals surface area (Å²) < 4.78 is 2.02. The number of rotatable bonds is 5. The highest BCUT2D eigenvalue weighted by Gasteiger charge is 2.19. The molecule has 0 aliphatic heterocycles. The quantitative estimate of drug-likeness (QED) is 0.240. The van der Waals surface area contributed by atoms with Crippen molar-refractivity contribution in [1.29, 1.82) is 0 Å². The van der Waals surface area contributed by atoms with Crippen LogP contribution in [0.4, 0.5) is 0 Å². The van der Waals surface area contributed by atoms with Gasteiger partial charge in [-0.15, -0.1) is 0 Å². The third-order valence-electron chi connectivity index (χ3n) is 7.23. The monoisotopic (exact) mass is 526 g/mol. The first-order chi connectivity index (χ1) is 18.8. The maximum Gasteiger partial charge on any atom is 0.144 e. The SMILES string of the molecule is Cn1c(-c2ccncc2O)nc2c(-c3cc(-c4ccccc4)cc(-c4ccc([Si](C)(C)C)cn4)c3)cccc21. The molecule has 0 aliphatic carbocycles. The highest BCUT2D eigenvalue weighted by atomic mass is 28.3. The Hall–Kier alpha value is -4.55. The van der Waals surface area contributed by atoms with Gasteiger partial charge in [-0.25, -0.2) is 4.98 Å². The molecule has 39 heavy (non-hydrogen) atoms. The average Bonchev–Trinajstić information content (AvgIpc) is 3.29. The molecule has 0 fully saturated rings. The predicted octanol–water partition coefficient (Wildman–Crippen LogP) is 7.28. The lowest BCUT2D eigenvalue weighted by Crippen LogP contribution is -2.37. The molecule has 0 unspecified atom stereocenters. The summed E-state index contributed by atoms with van der Waals surface area (Å²) in [5.41, 5.74) is 8.90. The van der Waals surface area contributed by atoms with Crippen molar-refractivity contribution in [1.82, 2.24) is 19.5 Å². The summed E-state index contributed by atoms with van der Waals surface area (Å²) in [6.07, 6.45) is 5.17. The van der Waals surface area contributed by atoms with Crippen LogP contribution in [0.25, 0.3) is 55.9 Å². The zero-order valence-electron chi connectivity index (χ0n) is 22.6. The minimum Gasteiger partial charge on any atom is -0.506 e. The third kappa shape index (κ3) is 4.64. The van der Waals surface area contributed by atoms with Crippen LogP contribution in [0.15, 0.2) is 104 Å². The zero-order valence-corrected chi connectivity index (χ0v) is 23.6. The molecule has 0 bridgehead atoms. The molecule has 0 aliphatic rings. The van der Waals surface area contributed by atoms with Gasteiger partial charge < -0.3 is 9.67 Å². The van der Waals surface area contributed by atoms with E-state index in [1.54, 1.807) is 12.3 Å². The van der Waals surface area contributed by atoms with Gasteiger partial charge in [-0.05, 0) is 58.3 Å². The van der Waals surface area contributed by atoms with Gasteiger partial charge in [0.15, 0.2) is 0 Å². The van der Waals surface area contributed by atoms with Crippen molar-refractivity contribution in [3.8, 4) is 50.6 Å². The van der Waals surface area contributed by atoms with Crippen molar-refractivity contribution in [2.24, 2.45) is 7.05 Å². The molecular formula is C33H30N4OSi. The molecule has 0 radical (unpaired) electrons. The van der Waals surface area contributed by atoms with Crippen molar-refractivity contribution in [3.05, 3.63) is 104 Å². The summed E-state index contributed by atoms with van der Waals surface area (Å²) >= 11 is 0. The van der Waals surface area contributed by atoms with Crippen LogP contribution in [0.1, 0.15) is 0 Å². The van der Waals surface area contributed by atoms with Gasteiger partial charge in [-0.2, -0.15) is 0 Å². The Morgan fingerprint density at radius 3 is 2.21 bits per heavy atom. The van der Waals surface area contributed by atoms with Gasteiger partial charge >= 0.3 is 0 Å². The Labute approximate surface area is 229 Å². The van der Waals surface area contributed by atoms with Gasteiger partial charge in [0.2, 0.25) is 0 Å². The van der Waals surface area contributed by atoms with Gasteiger partial charge in [0.1, 0.15) is 11.6 Å². The van der Waals surface area contributed by atoms with E-state index in [-0.39, 0.29) is 5.75 Å². The molecule has 3 aromatic heterocycles. The van der Waals surface area contributed by atoms with E-state index in [1.807, 2.05) is 23.9 Å². The molecule has 0 saturated carbocycles. The van der Waals surface area contributed by atoms with Gasteiger partial charge in [-0.3, -0.25) is 9.97 Å². The number of imidazole rings is 1. The van der Waals surface area contributed by atoms with E-state index in [2.05, 4.69) is 97.4 Å². The predicted molar refractivity (Wildman–Crippen MR) is 163 cm³/mol. The van der Waals surface area contributed by atoms with Gasteiger partial charge in [-0.1, -0.05) is 68.2 Å². The molecule has 6 rings (SSSR count). The average molecular weight is 527 g/mol. The molecule has 6 heteroatoms. The fourth-order valence-corrected chi connectivity index (χ4v) is 6.04. The van der Waals surface area contributed by atoms with Crippen LogP contribution in [0.5, 0.6) is 5.75 Å². The number of fused-ring (bicyclic) bond motifs is 1. The summed E-state index contributed by atoms with van der Waals surface area (Å²) in [4.78, 5) is 13.9. The third-order valence-corrected chi connectivity index (χ3v) is 9.26. The van der Waals surface area contributed by atoms with Crippen LogP contribution in [0.3, 0.4) is 0 Å². The van der Waals surface area contributed by atoms with E-state index in [9.17, 15) is 5.11 Å². The van der Waals surface area contributed by atoms with Crippen molar-refractivity contribution < 1.29 is 5.11 Å². The number of hydrogen-bond donors (Lipinski definition) is 1. The lowest BCUT2D eigenvalue weighted by atomic mass is 9.94. The maximum atomic E-state index is 10.5. The second-order valence-electron chi connectivity index (χ2n) is 10.9. The van der Waals surface area contributed by atoms with E-state index < -0.39 is 8.07 Å². The first kappa shape index (κ1) is 24.8. The number of para-hydroxylation sites is 1. The molecule has 6 aromatic rings. The van der Waals surface area contributed by atoms with Crippen molar-refractivity contribution >= 4 is 24.3 Å². The molecule has 1 N–H and O–H groups in total. The second kappa shape index (κ2) is 9.64. The standard InChI is InChI=1S/C33H30N4OSi/c1-37-30-12-8-11-27(32(30)36-33(37)28-15-16-34-21-31(28)38)24-17-23(22-9-6-5-7-10-22)18-25(19-24)29-14-13-26(20-35-29)39(2,3)4/h5-21,38H,1-4H3. The molecule has 0 atom stereocenters. The zero-order chi connectivity index (χ0) is 27.1. The first-order valence-corrected chi connectivity index (χ1v) is 16.6. The summed E-state index contributed by atoms with van der Waals surface area (Å²) in [5, 5.41) is 11.8. The Balaban J connectivity index is 1.56. The fourth-order valence-electron chi connectivity index (χ4n) is 5.00. The smallest absolute Gasteiger partial charge is 0.144 e. The Kier molecular flexibility index (Phi) is 6.12. The van der Waals surface area contributed by atoms with E-state index in [0.29, 0.717) is 11.4 Å². The number of aromatic nitrogens is 4. The molecule has 0 spiro atoms. The number of aromatic hydroxyl groups is 1. The lowest BCUT2D eigenvalue weighted by molar-refractivity contribution is 0.474. The van der Waals surface area contributed by atoms with Crippen molar-refractivity contribution in [2.45, 2.75) is 19.6 Å². The fraction of sp³-hybridized carbons (Fsp3) is 0.121. The lowest BCUT2D eigenvalue weighted by Gasteiger charge is -2.16. The van der Waals surface area contributed by atoms with E-state index >= 15 is 0 Å². The minimum absolute atomic E-state index is 0.110. The first-order valence-electron chi connectivity index (χ1n) is 13.1. The number of hydrogen-bond acceptors (Lipinski definition) is 4. The summed E-state index contributed by atoms with van der Waals surface area (Å²) in [5.74, 6) is 0.805. The van der Waals surface area contributed by atoms with Crippen molar-refractivity contribution in [3.63, 3.8) is 0 Å². The highest BCUT2D eigenvalue weighted by molar-refractivity contribution is 6.88. The number of nitrogens with zero attached hydrogens (tertiary/aromatic N) is 4. The van der Waals surface area contributed by atoms with Crippen molar-refractivity contribution in [2.75, 3.05) is 0 Å². The molecule has 0 saturated heterocycles. The summed E-state index contributed by atoms with van der Waals surface area (Å²) in [6, 6.07) is 29.5. The van der Waals surface area contributed by atoms with Gasteiger partial charge in [0.05, 0.1) is 36.6 Å². The topological polar surface area (TPSA) is 63.8 Å². The molecule has 192 valence electrons. The highest BCUT2D eigenvalue weighted by Crippen LogP contribution is 2.37. The van der Waals surface area contributed by atoms with Gasteiger partial charge in [0, 0.05) is 30.6 Å².